The van der Waals surface area contributed by atoms with Crippen LogP contribution in [0.25, 0.3) is 0 Å². The third-order valence-electron chi connectivity index (χ3n) is 5.34. The summed E-state index contributed by atoms with van der Waals surface area (Å²) in [5, 5.41) is 0.889. The first-order valence-corrected chi connectivity index (χ1v) is 11.6. The van der Waals surface area contributed by atoms with Gasteiger partial charge in [0.15, 0.2) is 0 Å². The molecule has 0 aliphatic carbocycles. The van der Waals surface area contributed by atoms with Gasteiger partial charge in [-0.2, -0.15) is 0 Å². The number of nitrogens with zero attached hydrogens (tertiary/aromatic N) is 2. The second kappa shape index (κ2) is 10.7. The number of nitrogens with one attached hydrogen (secondary N) is 2. The first-order valence-electron chi connectivity index (χ1n) is 10.9. The van der Waals surface area contributed by atoms with Crippen molar-refractivity contribution in [2.45, 2.75) is 45.1 Å². The summed E-state index contributed by atoms with van der Waals surface area (Å²) < 4.78 is 11.1. The number of likely N-dealkylation sites (tertiary alicyclic amines) is 1. The molecule has 0 unspecified atom stereocenters. The van der Waals surface area contributed by atoms with Crippen molar-refractivity contribution in [3.05, 3.63) is 40.4 Å². The Bertz CT molecular complexity index is 945. The molecule has 2 N–H and O–H groups in total. The number of aliphatic imine (C=N–C) groups is 1. The molecule has 2 atom stereocenters. The van der Waals surface area contributed by atoms with Crippen molar-refractivity contribution < 1.29 is 19.1 Å². The Morgan fingerprint density at radius 2 is 2.09 bits per heavy atom. The third-order valence-corrected chi connectivity index (χ3v) is 6.16. The van der Waals surface area contributed by atoms with Crippen LogP contribution in [0.1, 0.15) is 45.1 Å². The van der Waals surface area contributed by atoms with E-state index in [1.807, 2.05) is 20.8 Å². The average molecular weight is 497 g/mol. The number of halogens is 2. The van der Waals surface area contributed by atoms with Crippen LogP contribution in [-0.2, 0) is 9.53 Å². The quantitative estimate of drug-likeness (QED) is 0.467. The molecule has 10 heteroatoms. The van der Waals surface area contributed by atoms with Gasteiger partial charge in [0.2, 0.25) is 5.91 Å². The van der Waals surface area contributed by atoms with Crippen molar-refractivity contribution in [2.24, 2.45) is 10.9 Å². The van der Waals surface area contributed by atoms with Crippen LogP contribution in [0.4, 0.5) is 4.79 Å². The molecule has 3 rings (SSSR count). The SMILES string of the molecule is C=CCOc1ccc(Cl)c(Cl)c1[C@H]1CN=C(NNC(=O)[C@@H]2CCN(C(=O)OC(C)(C)C)C2)C1. The average Bonchev–Trinajstić information content (AvgIpc) is 3.41. The first kappa shape index (κ1) is 25.2. The maximum absolute atomic E-state index is 12.6. The van der Waals surface area contributed by atoms with Crippen LogP contribution < -0.4 is 15.6 Å². The molecule has 0 saturated carbocycles. The van der Waals surface area contributed by atoms with E-state index in [4.69, 9.17) is 32.7 Å². The highest BCUT2D eigenvalue weighted by Gasteiger charge is 2.34. The summed E-state index contributed by atoms with van der Waals surface area (Å²) in [4.78, 5) is 30.9. The van der Waals surface area contributed by atoms with Gasteiger partial charge < -0.3 is 14.4 Å². The highest BCUT2D eigenvalue weighted by Crippen LogP contribution is 2.41. The topological polar surface area (TPSA) is 92.3 Å². The Morgan fingerprint density at radius 1 is 1.33 bits per heavy atom. The molecule has 0 spiro atoms. The van der Waals surface area contributed by atoms with Crippen molar-refractivity contribution in [1.82, 2.24) is 15.8 Å². The molecule has 0 radical (unpaired) electrons. The summed E-state index contributed by atoms with van der Waals surface area (Å²) in [5.74, 6) is 0.737. The first-order chi connectivity index (χ1) is 15.6. The smallest absolute Gasteiger partial charge is 0.410 e. The summed E-state index contributed by atoms with van der Waals surface area (Å²) in [6.45, 7) is 10.8. The lowest BCUT2D eigenvalue weighted by atomic mass is 9.96. The van der Waals surface area contributed by atoms with Crippen LogP contribution in [0.2, 0.25) is 10.0 Å². The van der Waals surface area contributed by atoms with Crippen molar-refractivity contribution >= 4 is 41.0 Å². The van der Waals surface area contributed by atoms with Crippen LogP contribution in [-0.4, -0.2) is 54.6 Å². The molecule has 2 amide bonds. The van der Waals surface area contributed by atoms with Gasteiger partial charge in [-0.3, -0.25) is 20.6 Å². The van der Waals surface area contributed by atoms with Gasteiger partial charge in [0.25, 0.3) is 0 Å². The largest absolute Gasteiger partial charge is 0.489 e. The highest BCUT2D eigenvalue weighted by atomic mass is 35.5. The Hall–Kier alpha value is -2.45. The molecule has 2 heterocycles. The van der Waals surface area contributed by atoms with Crippen LogP contribution in [0.5, 0.6) is 5.75 Å². The minimum absolute atomic E-state index is 0.0374. The van der Waals surface area contributed by atoms with Crippen molar-refractivity contribution in [1.29, 1.82) is 0 Å². The fourth-order valence-corrected chi connectivity index (χ4v) is 4.25. The Morgan fingerprint density at radius 3 is 2.79 bits per heavy atom. The van der Waals surface area contributed by atoms with E-state index in [9.17, 15) is 9.59 Å². The molecular formula is C23H30Cl2N4O4. The Balaban J connectivity index is 1.53. The number of benzene rings is 1. The van der Waals surface area contributed by atoms with Crippen LogP contribution in [0.3, 0.4) is 0 Å². The predicted octanol–water partition coefficient (Wildman–Crippen LogP) is 4.32. The van der Waals surface area contributed by atoms with E-state index in [0.29, 0.717) is 60.7 Å². The van der Waals surface area contributed by atoms with Gasteiger partial charge in [-0.05, 0) is 39.3 Å². The summed E-state index contributed by atoms with van der Waals surface area (Å²) in [7, 11) is 0. The molecular weight excluding hydrogens is 467 g/mol. The minimum atomic E-state index is -0.571. The van der Waals surface area contributed by atoms with Crippen LogP contribution in [0, 0.1) is 5.92 Å². The fourth-order valence-electron chi connectivity index (χ4n) is 3.77. The summed E-state index contributed by atoms with van der Waals surface area (Å²) in [6.07, 6.45) is 2.37. The molecule has 180 valence electrons. The predicted molar refractivity (Wildman–Crippen MR) is 129 cm³/mol. The van der Waals surface area contributed by atoms with Crippen LogP contribution >= 0.6 is 23.2 Å². The normalized spacial score (nSPS) is 20.3. The minimum Gasteiger partial charge on any atom is -0.489 e. The van der Waals surface area contributed by atoms with Gasteiger partial charge in [0.1, 0.15) is 23.8 Å². The van der Waals surface area contributed by atoms with Gasteiger partial charge >= 0.3 is 6.09 Å². The number of carbonyl (C=O) groups is 2. The molecule has 2 aliphatic rings. The summed E-state index contributed by atoms with van der Waals surface area (Å²) in [5.41, 5.74) is 5.86. The van der Waals surface area contributed by atoms with Crippen molar-refractivity contribution in [3.8, 4) is 5.75 Å². The molecule has 1 aromatic carbocycles. The number of hydrogen-bond acceptors (Lipinski definition) is 6. The van der Waals surface area contributed by atoms with Gasteiger partial charge in [0.05, 0.1) is 16.0 Å². The Kier molecular flexibility index (Phi) is 8.13. The zero-order valence-corrected chi connectivity index (χ0v) is 20.6. The number of carbonyl (C=O) groups excluding carboxylic acids is 2. The molecule has 0 bridgehead atoms. The summed E-state index contributed by atoms with van der Waals surface area (Å²) >= 11 is 12.7. The molecule has 2 aliphatic heterocycles. The van der Waals surface area contributed by atoms with E-state index >= 15 is 0 Å². The third kappa shape index (κ3) is 6.54. The number of hydrogen-bond donors (Lipinski definition) is 2. The monoisotopic (exact) mass is 496 g/mol. The molecule has 1 aromatic rings. The number of hydrazine groups is 1. The number of ether oxygens (including phenoxy) is 2. The Labute approximate surface area is 204 Å². The van der Waals surface area contributed by atoms with E-state index in [1.54, 1.807) is 23.1 Å². The number of rotatable bonds is 5. The molecule has 1 saturated heterocycles. The molecule has 33 heavy (non-hydrogen) atoms. The summed E-state index contributed by atoms with van der Waals surface area (Å²) in [6, 6.07) is 3.49. The lowest BCUT2D eigenvalue weighted by Crippen LogP contribution is -2.45. The van der Waals surface area contributed by atoms with E-state index in [-0.39, 0.29) is 17.7 Å². The lowest BCUT2D eigenvalue weighted by molar-refractivity contribution is -0.125. The lowest BCUT2D eigenvalue weighted by Gasteiger charge is -2.24. The molecule has 8 nitrogen and oxygen atoms in total. The van der Waals surface area contributed by atoms with Gasteiger partial charge in [-0.1, -0.05) is 35.9 Å². The number of amides is 2. The van der Waals surface area contributed by atoms with Gasteiger partial charge in [-0.25, -0.2) is 4.79 Å². The second-order valence-electron chi connectivity index (χ2n) is 9.09. The maximum Gasteiger partial charge on any atom is 0.410 e. The van der Waals surface area contributed by atoms with Crippen LogP contribution in [0.15, 0.2) is 29.8 Å². The maximum atomic E-state index is 12.6. The van der Waals surface area contributed by atoms with E-state index in [1.165, 1.54) is 0 Å². The number of amidine groups is 1. The van der Waals surface area contributed by atoms with Gasteiger partial charge in [0, 0.05) is 37.5 Å². The van der Waals surface area contributed by atoms with E-state index in [2.05, 4.69) is 22.4 Å². The van der Waals surface area contributed by atoms with Crippen molar-refractivity contribution in [2.75, 3.05) is 26.2 Å². The fraction of sp³-hybridized carbons (Fsp3) is 0.522. The van der Waals surface area contributed by atoms with E-state index in [0.717, 1.165) is 5.56 Å². The van der Waals surface area contributed by atoms with Crippen molar-refractivity contribution in [3.63, 3.8) is 0 Å². The van der Waals surface area contributed by atoms with E-state index < -0.39 is 11.7 Å². The second-order valence-corrected chi connectivity index (χ2v) is 9.87. The highest BCUT2D eigenvalue weighted by molar-refractivity contribution is 6.42. The zero-order chi connectivity index (χ0) is 24.2. The molecule has 0 aromatic heterocycles. The van der Waals surface area contributed by atoms with Gasteiger partial charge in [-0.15, -0.1) is 0 Å². The zero-order valence-electron chi connectivity index (χ0n) is 19.1. The standard InChI is InChI=1S/C23H30Cl2N4O4/c1-5-10-32-17-7-6-16(24)20(25)19(17)15-11-18(26-12-15)27-28-21(30)14-8-9-29(13-14)22(31)33-23(2,3)4/h5-7,14-15H,1,8-13H2,2-4H3,(H,26,27)(H,28,30)/t14-,15-/m1/s1. The molecule has 1 fully saturated rings.